The van der Waals surface area contributed by atoms with Gasteiger partial charge in [0.1, 0.15) is 10.2 Å². The first-order valence-corrected chi connectivity index (χ1v) is 8.07. The molecule has 1 aromatic rings. The molecule has 0 N–H and O–H groups in total. The van der Waals surface area contributed by atoms with Gasteiger partial charge < -0.3 is 9.31 Å². The quantitative estimate of drug-likeness (QED) is 0.775. The van der Waals surface area contributed by atoms with Crippen molar-refractivity contribution in [2.45, 2.75) is 70.6 Å². The lowest BCUT2D eigenvalue weighted by Gasteiger charge is -2.32. The predicted molar refractivity (Wildman–Crippen MR) is 80.9 cm³/mol. The molecule has 1 saturated heterocycles. The zero-order valence-corrected chi connectivity index (χ0v) is 14.1. The van der Waals surface area contributed by atoms with Gasteiger partial charge in [-0.25, -0.2) is 4.68 Å². The van der Waals surface area contributed by atoms with Crippen molar-refractivity contribution in [3.63, 3.8) is 0 Å². The van der Waals surface area contributed by atoms with Crippen molar-refractivity contribution in [1.82, 2.24) is 15.0 Å². The Kier molecular flexibility index (Phi) is 3.50. The van der Waals surface area contributed by atoms with E-state index < -0.39 is 7.12 Å². The van der Waals surface area contributed by atoms with Crippen molar-refractivity contribution in [2.75, 3.05) is 0 Å². The van der Waals surface area contributed by atoms with E-state index in [-0.39, 0.29) is 11.2 Å². The minimum atomic E-state index is -0.454. The highest BCUT2D eigenvalue weighted by molar-refractivity contribution is 9.10. The van der Waals surface area contributed by atoms with E-state index in [2.05, 4.69) is 26.2 Å². The van der Waals surface area contributed by atoms with Crippen LogP contribution >= 0.6 is 15.9 Å². The highest BCUT2D eigenvalue weighted by Gasteiger charge is 2.53. The molecular weight excluding hydrogens is 321 g/mol. The highest BCUT2D eigenvalue weighted by Crippen LogP contribution is 2.37. The molecule has 0 amide bonds. The molecule has 0 aromatic carbocycles. The topological polar surface area (TPSA) is 49.2 Å². The van der Waals surface area contributed by atoms with Gasteiger partial charge in [-0.2, -0.15) is 0 Å². The maximum absolute atomic E-state index is 6.04. The number of hydrogen-bond donors (Lipinski definition) is 0. The molecule has 1 aliphatic carbocycles. The van der Waals surface area contributed by atoms with Gasteiger partial charge >= 0.3 is 7.12 Å². The van der Waals surface area contributed by atoms with Crippen LogP contribution in [-0.2, 0) is 9.31 Å². The lowest BCUT2D eigenvalue weighted by molar-refractivity contribution is 0.00578. The summed E-state index contributed by atoms with van der Waals surface area (Å²) in [7, 11) is -0.454. The van der Waals surface area contributed by atoms with Gasteiger partial charge in [0.2, 0.25) is 0 Å². The van der Waals surface area contributed by atoms with Gasteiger partial charge in [-0.05, 0) is 56.5 Å². The molecule has 0 atom stereocenters. The molecule has 1 aliphatic heterocycles. The van der Waals surface area contributed by atoms with Crippen LogP contribution in [0.15, 0.2) is 4.60 Å². The smallest absolute Gasteiger partial charge is 0.398 e. The number of nitrogens with zero attached hydrogens (tertiary/aromatic N) is 3. The summed E-state index contributed by atoms with van der Waals surface area (Å²) in [6.07, 6.45) is 4.88. The number of rotatable bonds is 2. The van der Waals surface area contributed by atoms with Gasteiger partial charge in [0.15, 0.2) is 0 Å². The standard InChI is InChI=1S/C13H21BBrN3O2/c1-12(2)13(3,4)20-14(19-12)10-11(15)18(17-16-10)9-7-5-6-8-9/h9H,5-8H2,1-4H3. The molecular formula is C13H21BBrN3O2. The summed E-state index contributed by atoms with van der Waals surface area (Å²) in [6.45, 7) is 8.18. The fraction of sp³-hybridized carbons (Fsp3) is 0.846. The first kappa shape index (κ1) is 14.5. The Morgan fingerprint density at radius 2 is 1.70 bits per heavy atom. The second kappa shape index (κ2) is 4.82. The molecule has 1 saturated carbocycles. The molecule has 0 spiro atoms. The average Bonchev–Trinajstić information content (AvgIpc) is 2.99. The Balaban J connectivity index is 1.86. The van der Waals surface area contributed by atoms with Crippen LogP contribution in [0.25, 0.3) is 0 Å². The van der Waals surface area contributed by atoms with E-state index in [1.54, 1.807) is 0 Å². The van der Waals surface area contributed by atoms with E-state index >= 15 is 0 Å². The van der Waals surface area contributed by atoms with Gasteiger partial charge in [0, 0.05) is 0 Å². The Bertz CT molecular complexity index is 496. The van der Waals surface area contributed by atoms with Crippen LogP contribution in [0.3, 0.4) is 0 Å². The van der Waals surface area contributed by atoms with Crippen LogP contribution in [-0.4, -0.2) is 33.3 Å². The van der Waals surface area contributed by atoms with Crippen molar-refractivity contribution in [1.29, 1.82) is 0 Å². The van der Waals surface area contributed by atoms with E-state index in [4.69, 9.17) is 9.31 Å². The van der Waals surface area contributed by atoms with Crippen LogP contribution in [0.2, 0.25) is 0 Å². The minimum Gasteiger partial charge on any atom is -0.398 e. The van der Waals surface area contributed by atoms with Gasteiger partial charge in [-0.1, -0.05) is 18.1 Å². The first-order chi connectivity index (χ1) is 9.32. The molecule has 20 heavy (non-hydrogen) atoms. The van der Waals surface area contributed by atoms with Gasteiger partial charge in [0.25, 0.3) is 0 Å². The van der Waals surface area contributed by atoms with Gasteiger partial charge in [-0.15, -0.1) is 5.10 Å². The highest BCUT2D eigenvalue weighted by atomic mass is 79.9. The summed E-state index contributed by atoms with van der Waals surface area (Å²) in [5.41, 5.74) is 0.0400. The molecule has 3 rings (SSSR count). The van der Waals surface area contributed by atoms with Gasteiger partial charge in [-0.3, -0.25) is 0 Å². The fourth-order valence-corrected chi connectivity index (χ4v) is 3.40. The maximum Gasteiger partial charge on any atom is 0.519 e. The van der Waals surface area contributed by atoms with E-state index in [1.165, 1.54) is 25.7 Å². The first-order valence-electron chi connectivity index (χ1n) is 7.28. The maximum atomic E-state index is 6.04. The summed E-state index contributed by atoms with van der Waals surface area (Å²) in [5.74, 6) is 0. The SMILES string of the molecule is CC1(C)OB(c2nnn(C3CCCC3)c2Br)OC1(C)C. The molecule has 1 aromatic heterocycles. The number of hydrogen-bond acceptors (Lipinski definition) is 4. The minimum absolute atomic E-state index is 0.353. The Hall–Kier alpha value is -0.395. The average molecular weight is 342 g/mol. The zero-order valence-electron chi connectivity index (χ0n) is 12.5. The van der Waals surface area contributed by atoms with Crippen molar-refractivity contribution in [3.8, 4) is 0 Å². The Morgan fingerprint density at radius 1 is 1.15 bits per heavy atom. The summed E-state index contributed by atoms with van der Waals surface area (Å²) in [5, 5.41) is 8.59. The second-order valence-corrected chi connectivity index (χ2v) is 7.49. The molecule has 0 radical (unpaired) electrons. The third-order valence-electron chi connectivity index (χ3n) is 4.81. The lowest BCUT2D eigenvalue weighted by atomic mass is 9.86. The van der Waals surface area contributed by atoms with E-state index in [0.717, 1.165) is 10.2 Å². The fourth-order valence-electron chi connectivity index (χ4n) is 2.78. The third kappa shape index (κ3) is 2.23. The third-order valence-corrected chi connectivity index (χ3v) is 5.58. The molecule has 5 nitrogen and oxygen atoms in total. The molecule has 110 valence electrons. The largest absolute Gasteiger partial charge is 0.519 e. The summed E-state index contributed by atoms with van der Waals surface area (Å²) in [6, 6.07) is 0.452. The summed E-state index contributed by atoms with van der Waals surface area (Å²) >= 11 is 3.62. The van der Waals surface area contributed by atoms with Crippen LogP contribution in [0.5, 0.6) is 0 Å². The molecule has 0 bridgehead atoms. The van der Waals surface area contributed by atoms with E-state index in [9.17, 15) is 0 Å². The van der Waals surface area contributed by atoms with Crippen molar-refractivity contribution < 1.29 is 9.31 Å². The van der Waals surface area contributed by atoms with Crippen molar-refractivity contribution in [3.05, 3.63) is 4.60 Å². The number of halogens is 1. The number of aromatic nitrogens is 3. The van der Waals surface area contributed by atoms with Gasteiger partial charge in [0.05, 0.1) is 17.2 Å². The summed E-state index contributed by atoms with van der Waals surface area (Å²) in [4.78, 5) is 0. The molecule has 2 heterocycles. The predicted octanol–water partition coefficient (Wildman–Crippen LogP) is 2.45. The van der Waals surface area contributed by atoms with Crippen LogP contribution in [0, 0.1) is 0 Å². The Labute approximate surface area is 128 Å². The van der Waals surface area contributed by atoms with Crippen LogP contribution in [0.4, 0.5) is 0 Å². The normalized spacial score (nSPS) is 25.6. The van der Waals surface area contributed by atoms with E-state index in [1.807, 2.05) is 32.4 Å². The van der Waals surface area contributed by atoms with Crippen LogP contribution in [0.1, 0.15) is 59.4 Å². The second-order valence-electron chi connectivity index (χ2n) is 6.74. The van der Waals surface area contributed by atoms with E-state index in [0.29, 0.717) is 6.04 Å². The monoisotopic (exact) mass is 341 g/mol. The molecule has 2 aliphatic rings. The molecule has 2 fully saturated rings. The van der Waals surface area contributed by atoms with Crippen LogP contribution < -0.4 is 5.59 Å². The van der Waals surface area contributed by atoms with Crippen molar-refractivity contribution >= 4 is 28.6 Å². The zero-order chi connectivity index (χ0) is 14.5. The summed E-state index contributed by atoms with van der Waals surface area (Å²) < 4.78 is 14.9. The molecule has 7 heteroatoms. The lowest BCUT2D eigenvalue weighted by Crippen LogP contribution is -2.41. The van der Waals surface area contributed by atoms with Crippen molar-refractivity contribution in [2.24, 2.45) is 0 Å². The Morgan fingerprint density at radius 3 is 2.25 bits per heavy atom. The molecule has 0 unspecified atom stereocenters.